The molecule has 18 heavy (non-hydrogen) atoms. The first-order valence-corrected chi connectivity index (χ1v) is 6.85. The number of anilines is 1. The van der Waals surface area contributed by atoms with Crippen molar-refractivity contribution in [2.24, 2.45) is 5.73 Å². The number of unbranched alkanes of at least 4 members (excludes halogenated alkanes) is 2. The van der Waals surface area contributed by atoms with Crippen molar-refractivity contribution in [3.05, 3.63) is 29.6 Å². The van der Waals surface area contributed by atoms with E-state index in [-0.39, 0.29) is 12.4 Å². The zero-order valence-electron chi connectivity index (χ0n) is 11.7. The standard InChI is InChI=1S/C15H25FN2/c1-4-5-6-10-18(12(2)3)15-9-7-8-14(16)13(15)11-17/h7-9,12H,4-6,10-11,17H2,1-3H3. The quantitative estimate of drug-likeness (QED) is 0.750. The lowest BCUT2D eigenvalue weighted by Crippen LogP contribution is -2.33. The maximum absolute atomic E-state index is 13.8. The third kappa shape index (κ3) is 3.70. The van der Waals surface area contributed by atoms with Gasteiger partial charge in [-0.2, -0.15) is 0 Å². The molecule has 0 aliphatic heterocycles. The van der Waals surface area contributed by atoms with Crippen LogP contribution in [0.5, 0.6) is 0 Å². The molecule has 0 saturated carbocycles. The third-order valence-electron chi connectivity index (χ3n) is 3.23. The molecular weight excluding hydrogens is 227 g/mol. The van der Waals surface area contributed by atoms with Crippen LogP contribution in [-0.2, 0) is 6.54 Å². The Morgan fingerprint density at radius 3 is 2.56 bits per heavy atom. The van der Waals surface area contributed by atoms with Crippen LogP contribution in [-0.4, -0.2) is 12.6 Å². The van der Waals surface area contributed by atoms with Crippen LogP contribution in [0.1, 0.15) is 45.6 Å². The largest absolute Gasteiger partial charge is 0.369 e. The fourth-order valence-electron chi connectivity index (χ4n) is 2.21. The second kappa shape index (κ2) is 7.37. The maximum atomic E-state index is 13.8. The molecule has 0 aliphatic rings. The lowest BCUT2D eigenvalue weighted by Gasteiger charge is -2.31. The van der Waals surface area contributed by atoms with Crippen molar-refractivity contribution in [1.82, 2.24) is 0 Å². The van der Waals surface area contributed by atoms with Crippen LogP contribution in [0.2, 0.25) is 0 Å². The molecule has 102 valence electrons. The van der Waals surface area contributed by atoms with Crippen molar-refractivity contribution < 1.29 is 4.39 Å². The minimum Gasteiger partial charge on any atom is -0.369 e. The average Bonchev–Trinajstić information content (AvgIpc) is 2.34. The fourth-order valence-corrected chi connectivity index (χ4v) is 2.21. The Bertz CT molecular complexity index is 364. The highest BCUT2D eigenvalue weighted by Crippen LogP contribution is 2.25. The van der Waals surface area contributed by atoms with Gasteiger partial charge in [-0.05, 0) is 32.4 Å². The third-order valence-corrected chi connectivity index (χ3v) is 3.23. The van der Waals surface area contributed by atoms with E-state index in [0.29, 0.717) is 11.6 Å². The minimum absolute atomic E-state index is 0.198. The maximum Gasteiger partial charge on any atom is 0.129 e. The molecule has 0 heterocycles. The number of rotatable bonds is 7. The molecule has 0 saturated heterocycles. The molecule has 0 unspecified atom stereocenters. The number of hydrogen-bond donors (Lipinski definition) is 1. The lowest BCUT2D eigenvalue weighted by atomic mass is 10.1. The van der Waals surface area contributed by atoms with Gasteiger partial charge in [0.25, 0.3) is 0 Å². The minimum atomic E-state index is -0.198. The van der Waals surface area contributed by atoms with Gasteiger partial charge in [0, 0.05) is 30.4 Å². The van der Waals surface area contributed by atoms with Gasteiger partial charge in [0.15, 0.2) is 0 Å². The Morgan fingerprint density at radius 2 is 2.00 bits per heavy atom. The molecule has 2 N–H and O–H groups in total. The molecule has 0 radical (unpaired) electrons. The van der Waals surface area contributed by atoms with E-state index in [2.05, 4.69) is 25.7 Å². The summed E-state index contributed by atoms with van der Waals surface area (Å²) in [7, 11) is 0. The van der Waals surface area contributed by atoms with Gasteiger partial charge in [-0.1, -0.05) is 25.8 Å². The van der Waals surface area contributed by atoms with E-state index in [9.17, 15) is 4.39 Å². The molecule has 0 amide bonds. The summed E-state index contributed by atoms with van der Waals surface area (Å²) in [6.45, 7) is 7.67. The SMILES string of the molecule is CCCCCN(c1cccc(F)c1CN)C(C)C. The summed E-state index contributed by atoms with van der Waals surface area (Å²) < 4.78 is 13.8. The van der Waals surface area contributed by atoms with Crippen molar-refractivity contribution in [1.29, 1.82) is 0 Å². The van der Waals surface area contributed by atoms with Crippen molar-refractivity contribution in [3.8, 4) is 0 Å². The van der Waals surface area contributed by atoms with Gasteiger partial charge in [0.1, 0.15) is 5.82 Å². The van der Waals surface area contributed by atoms with Crippen molar-refractivity contribution in [3.63, 3.8) is 0 Å². The molecule has 0 aliphatic carbocycles. The predicted molar refractivity (Wildman–Crippen MR) is 76.3 cm³/mol. The fraction of sp³-hybridized carbons (Fsp3) is 0.600. The van der Waals surface area contributed by atoms with E-state index < -0.39 is 0 Å². The summed E-state index contributed by atoms with van der Waals surface area (Å²) in [5.41, 5.74) is 7.25. The van der Waals surface area contributed by atoms with E-state index >= 15 is 0 Å². The first-order valence-electron chi connectivity index (χ1n) is 6.85. The van der Waals surface area contributed by atoms with Crippen LogP contribution in [0.3, 0.4) is 0 Å². The van der Waals surface area contributed by atoms with Gasteiger partial charge in [0.2, 0.25) is 0 Å². The van der Waals surface area contributed by atoms with Gasteiger partial charge in [-0.15, -0.1) is 0 Å². The Morgan fingerprint density at radius 1 is 1.28 bits per heavy atom. The van der Waals surface area contributed by atoms with Crippen LogP contribution in [0.15, 0.2) is 18.2 Å². The first-order chi connectivity index (χ1) is 8.61. The van der Waals surface area contributed by atoms with E-state index in [0.717, 1.165) is 18.7 Å². The van der Waals surface area contributed by atoms with Gasteiger partial charge >= 0.3 is 0 Å². The summed E-state index contributed by atoms with van der Waals surface area (Å²) in [6.07, 6.45) is 3.53. The highest BCUT2D eigenvalue weighted by Gasteiger charge is 2.15. The zero-order valence-corrected chi connectivity index (χ0v) is 11.7. The molecule has 0 aromatic heterocycles. The van der Waals surface area contributed by atoms with Crippen LogP contribution < -0.4 is 10.6 Å². The molecule has 1 aromatic carbocycles. The summed E-state index contributed by atoms with van der Waals surface area (Å²) in [4.78, 5) is 2.25. The van der Waals surface area contributed by atoms with E-state index in [1.54, 1.807) is 6.07 Å². The van der Waals surface area contributed by atoms with Gasteiger partial charge in [-0.25, -0.2) is 4.39 Å². The molecule has 2 nitrogen and oxygen atoms in total. The van der Waals surface area contributed by atoms with Crippen molar-refractivity contribution in [2.45, 2.75) is 52.6 Å². The topological polar surface area (TPSA) is 29.3 Å². The van der Waals surface area contributed by atoms with Crippen molar-refractivity contribution >= 4 is 5.69 Å². The smallest absolute Gasteiger partial charge is 0.129 e. The Hall–Kier alpha value is -1.09. The molecule has 0 atom stereocenters. The Labute approximate surface area is 110 Å². The second-order valence-corrected chi connectivity index (χ2v) is 4.94. The monoisotopic (exact) mass is 252 g/mol. The molecule has 1 aromatic rings. The molecule has 0 fully saturated rings. The van der Waals surface area contributed by atoms with Crippen LogP contribution in [0.4, 0.5) is 10.1 Å². The molecule has 0 bridgehead atoms. The highest BCUT2D eigenvalue weighted by molar-refractivity contribution is 5.54. The predicted octanol–water partition coefficient (Wildman–Crippen LogP) is 3.69. The number of hydrogen-bond acceptors (Lipinski definition) is 2. The van der Waals surface area contributed by atoms with Gasteiger partial charge < -0.3 is 10.6 Å². The summed E-state index contributed by atoms with van der Waals surface area (Å²) in [5, 5.41) is 0. The van der Waals surface area contributed by atoms with E-state index in [4.69, 9.17) is 5.73 Å². The molecule has 1 rings (SSSR count). The van der Waals surface area contributed by atoms with Gasteiger partial charge in [0.05, 0.1) is 0 Å². The number of nitrogens with two attached hydrogens (primary N) is 1. The lowest BCUT2D eigenvalue weighted by molar-refractivity contribution is 0.595. The molecule has 3 heteroatoms. The first kappa shape index (κ1) is 15.0. The van der Waals surface area contributed by atoms with E-state index in [1.807, 2.05) is 6.07 Å². The number of nitrogens with zero attached hydrogens (tertiary/aromatic N) is 1. The van der Waals surface area contributed by atoms with Crippen LogP contribution >= 0.6 is 0 Å². The number of benzene rings is 1. The average molecular weight is 252 g/mol. The number of halogens is 1. The molecule has 0 spiro atoms. The zero-order chi connectivity index (χ0) is 13.5. The summed E-state index contributed by atoms with van der Waals surface area (Å²) in [5.74, 6) is -0.198. The Kier molecular flexibility index (Phi) is 6.13. The van der Waals surface area contributed by atoms with E-state index in [1.165, 1.54) is 18.9 Å². The normalized spacial score (nSPS) is 11.0. The summed E-state index contributed by atoms with van der Waals surface area (Å²) in [6, 6.07) is 5.57. The Balaban J connectivity index is 2.94. The second-order valence-electron chi connectivity index (χ2n) is 4.94. The molecular formula is C15H25FN2. The van der Waals surface area contributed by atoms with Crippen LogP contribution in [0.25, 0.3) is 0 Å². The summed E-state index contributed by atoms with van der Waals surface area (Å²) >= 11 is 0. The van der Waals surface area contributed by atoms with Gasteiger partial charge in [-0.3, -0.25) is 0 Å². The van der Waals surface area contributed by atoms with Crippen molar-refractivity contribution in [2.75, 3.05) is 11.4 Å². The van der Waals surface area contributed by atoms with Crippen LogP contribution in [0, 0.1) is 5.82 Å². The highest BCUT2D eigenvalue weighted by atomic mass is 19.1.